The monoisotopic (exact) mass is 398 g/mol. The third kappa shape index (κ3) is 4.42. The van der Waals surface area contributed by atoms with E-state index in [1.807, 2.05) is 0 Å². The van der Waals surface area contributed by atoms with Gasteiger partial charge >= 0.3 is 6.18 Å². The molecular formula is C18H21F3N4O3. The standard InChI is InChI=1S/C18H21F3N4O3/c1-9(18(19,20)21)27-15-12(11-5-6-11)7-8-13(23-15)14(26)24-17(3,4)16-22-10(2)28-25-16/h7-9,11H,5-6H2,1-4H3,(H,24,26). The van der Waals surface area contributed by atoms with E-state index in [1.165, 1.54) is 6.07 Å². The predicted octanol–water partition coefficient (Wildman–Crippen LogP) is 3.65. The number of aryl methyl sites for hydroxylation is 1. The van der Waals surface area contributed by atoms with Gasteiger partial charge in [0.25, 0.3) is 5.91 Å². The smallest absolute Gasteiger partial charge is 0.425 e. The predicted molar refractivity (Wildman–Crippen MR) is 91.9 cm³/mol. The number of ether oxygens (including phenoxy) is 1. The quantitative estimate of drug-likeness (QED) is 0.799. The Bertz CT molecular complexity index is 875. The number of amides is 1. The fourth-order valence-electron chi connectivity index (χ4n) is 2.57. The van der Waals surface area contributed by atoms with Crippen LogP contribution in [0.4, 0.5) is 13.2 Å². The fraction of sp³-hybridized carbons (Fsp3) is 0.556. The maximum Gasteiger partial charge on any atom is 0.425 e. The molecule has 1 aliphatic rings. The Kier molecular flexibility index (Phi) is 5.07. The largest absolute Gasteiger partial charge is 0.465 e. The third-order valence-electron chi connectivity index (χ3n) is 4.40. The Morgan fingerprint density at radius 2 is 1.96 bits per heavy atom. The van der Waals surface area contributed by atoms with E-state index in [0.717, 1.165) is 19.8 Å². The number of alkyl halides is 3. The SMILES string of the molecule is Cc1nc(C(C)(C)NC(=O)c2ccc(C3CC3)c(OC(C)C(F)(F)F)n2)no1. The summed E-state index contributed by atoms with van der Waals surface area (Å²) in [6, 6.07) is 3.08. The molecule has 1 saturated carbocycles. The highest BCUT2D eigenvalue weighted by atomic mass is 19.4. The van der Waals surface area contributed by atoms with Crippen LogP contribution in [0.1, 0.15) is 67.3 Å². The summed E-state index contributed by atoms with van der Waals surface area (Å²) in [6.45, 7) is 5.89. The van der Waals surface area contributed by atoms with Gasteiger partial charge in [0, 0.05) is 12.5 Å². The molecule has 0 aromatic carbocycles. The molecule has 0 aliphatic heterocycles. The van der Waals surface area contributed by atoms with Crippen molar-refractivity contribution in [3.63, 3.8) is 0 Å². The first-order valence-corrected chi connectivity index (χ1v) is 8.85. The Morgan fingerprint density at radius 3 is 2.50 bits per heavy atom. The first-order valence-electron chi connectivity index (χ1n) is 8.85. The highest BCUT2D eigenvalue weighted by molar-refractivity contribution is 5.93. The minimum atomic E-state index is -4.53. The molecule has 1 fully saturated rings. The molecule has 1 atom stereocenters. The number of hydrogen-bond acceptors (Lipinski definition) is 6. The highest BCUT2D eigenvalue weighted by Crippen LogP contribution is 2.44. The van der Waals surface area contributed by atoms with E-state index in [4.69, 9.17) is 9.26 Å². The van der Waals surface area contributed by atoms with E-state index in [2.05, 4.69) is 20.4 Å². The van der Waals surface area contributed by atoms with Crippen LogP contribution in [-0.4, -0.2) is 33.3 Å². The van der Waals surface area contributed by atoms with E-state index in [9.17, 15) is 18.0 Å². The number of rotatable bonds is 6. The van der Waals surface area contributed by atoms with Gasteiger partial charge in [0.05, 0.1) is 5.54 Å². The van der Waals surface area contributed by atoms with Crippen molar-refractivity contribution in [1.82, 2.24) is 20.4 Å². The Hall–Kier alpha value is -2.65. The summed E-state index contributed by atoms with van der Waals surface area (Å²) < 4.78 is 48.7. The lowest BCUT2D eigenvalue weighted by Gasteiger charge is -2.23. The lowest BCUT2D eigenvalue weighted by atomic mass is 10.0. The van der Waals surface area contributed by atoms with Crippen LogP contribution in [-0.2, 0) is 5.54 Å². The van der Waals surface area contributed by atoms with Gasteiger partial charge in [0.15, 0.2) is 11.9 Å². The Morgan fingerprint density at radius 1 is 1.29 bits per heavy atom. The number of nitrogens with zero attached hydrogens (tertiary/aromatic N) is 3. The van der Waals surface area contributed by atoms with Crippen molar-refractivity contribution in [2.45, 2.75) is 64.3 Å². The van der Waals surface area contributed by atoms with Gasteiger partial charge in [0.1, 0.15) is 5.69 Å². The third-order valence-corrected chi connectivity index (χ3v) is 4.40. The zero-order valence-corrected chi connectivity index (χ0v) is 15.9. The number of aromatic nitrogens is 3. The summed E-state index contributed by atoms with van der Waals surface area (Å²) in [5.41, 5.74) is -0.436. The van der Waals surface area contributed by atoms with Gasteiger partial charge < -0.3 is 14.6 Å². The van der Waals surface area contributed by atoms with E-state index < -0.39 is 23.7 Å². The summed E-state index contributed by atoms with van der Waals surface area (Å²) in [4.78, 5) is 20.8. The van der Waals surface area contributed by atoms with Crippen molar-refractivity contribution in [1.29, 1.82) is 0 Å². The topological polar surface area (TPSA) is 90.1 Å². The van der Waals surface area contributed by atoms with Crippen molar-refractivity contribution >= 4 is 5.91 Å². The van der Waals surface area contributed by atoms with Gasteiger partial charge in [-0.2, -0.15) is 18.2 Å². The van der Waals surface area contributed by atoms with Crippen molar-refractivity contribution in [3.05, 3.63) is 35.1 Å². The normalized spacial score (nSPS) is 16.0. The molecule has 1 N–H and O–H groups in total. The van der Waals surface area contributed by atoms with E-state index in [0.29, 0.717) is 11.5 Å². The summed E-state index contributed by atoms with van der Waals surface area (Å²) in [6.07, 6.45) is -4.85. The number of hydrogen-bond donors (Lipinski definition) is 1. The van der Waals surface area contributed by atoms with Crippen LogP contribution in [0.5, 0.6) is 5.88 Å². The molecule has 1 unspecified atom stereocenters. The molecule has 2 heterocycles. The van der Waals surface area contributed by atoms with E-state index >= 15 is 0 Å². The molecule has 2 aromatic heterocycles. The molecule has 7 nitrogen and oxygen atoms in total. The van der Waals surface area contributed by atoms with Crippen LogP contribution >= 0.6 is 0 Å². The molecule has 1 aliphatic carbocycles. The molecule has 0 spiro atoms. The second-order valence-electron chi connectivity index (χ2n) is 7.38. The van der Waals surface area contributed by atoms with Gasteiger partial charge in [-0.05, 0) is 45.6 Å². The van der Waals surface area contributed by atoms with Crippen LogP contribution in [0.3, 0.4) is 0 Å². The van der Waals surface area contributed by atoms with Crippen molar-refractivity contribution in [2.24, 2.45) is 0 Å². The van der Waals surface area contributed by atoms with Crippen LogP contribution in [0, 0.1) is 6.92 Å². The molecule has 3 rings (SSSR count). The average Bonchev–Trinajstić information content (AvgIpc) is 3.33. The molecule has 0 bridgehead atoms. The summed E-state index contributed by atoms with van der Waals surface area (Å²) in [7, 11) is 0. The molecule has 152 valence electrons. The zero-order valence-electron chi connectivity index (χ0n) is 15.9. The summed E-state index contributed by atoms with van der Waals surface area (Å²) in [5, 5.41) is 6.51. The van der Waals surface area contributed by atoms with Crippen molar-refractivity contribution in [2.75, 3.05) is 0 Å². The van der Waals surface area contributed by atoms with Crippen LogP contribution in [0.2, 0.25) is 0 Å². The zero-order chi connectivity index (χ0) is 20.7. The summed E-state index contributed by atoms with van der Waals surface area (Å²) >= 11 is 0. The molecule has 28 heavy (non-hydrogen) atoms. The Balaban J connectivity index is 1.83. The lowest BCUT2D eigenvalue weighted by molar-refractivity contribution is -0.190. The minimum Gasteiger partial charge on any atom is -0.465 e. The van der Waals surface area contributed by atoms with Crippen LogP contribution < -0.4 is 10.1 Å². The highest BCUT2D eigenvalue weighted by Gasteiger charge is 2.40. The molecule has 1 amide bonds. The first kappa shape index (κ1) is 20.1. The van der Waals surface area contributed by atoms with Crippen LogP contribution in [0.25, 0.3) is 0 Å². The lowest BCUT2D eigenvalue weighted by Crippen LogP contribution is -2.42. The van der Waals surface area contributed by atoms with Gasteiger partial charge in [0.2, 0.25) is 11.8 Å². The second kappa shape index (κ2) is 7.06. The molecule has 10 heteroatoms. The summed E-state index contributed by atoms with van der Waals surface area (Å²) in [5.74, 6) is -0.0116. The second-order valence-corrected chi connectivity index (χ2v) is 7.38. The van der Waals surface area contributed by atoms with Gasteiger partial charge in [-0.1, -0.05) is 11.2 Å². The minimum absolute atomic E-state index is 0.0536. The molecule has 0 radical (unpaired) electrons. The van der Waals surface area contributed by atoms with Gasteiger partial charge in [-0.3, -0.25) is 4.79 Å². The fourth-order valence-corrected chi connectivity index (χ4v) is 2.57. The van der Waals surface area contributed by atoms with Gasteiger partial charge in [-0.25, -0.2) is 4.98 Å². The molecular weight excluding hydrogens is 377 g/mol. The Labute approximate surface area is 159 Å². The maximum atomic E-state index is 12.9. The molecule has 0 saturated heterocycles. The van der Waals surface area contributed by atoms with Gasteiger partial charge in [-0.15, -0.1) is 0 Å². The van der Waals surface area contributed by atoms with Crippen molar-refractivity contribution in [3.8, 4) is 5.88 Å². The van der Waals surface area contributed by atoms with Crippen LogP contribution in [0.15, 0.2) is 16.7 Å². The van der Waals surface area contributed by atoms with Crippen molar-refractivity contribution < 1.29 is 27.2 Å². The van der Waals surface area contributed by atoms with E-state index in [-0.39, 0.29) is 23.3 Å². The number of nitrogens with one attached hydrogen (secondary N) is 1. The first-order chi connectivity index (χ1) is 13.0. The number of carbonyl (C=O) groups excluding carboxylic acids is 1. The number of pyridine rings is 1. The van der Waals surface area contributed by atoms with E-state index in [1.54, 1.807) is 26.8 Å². The number of carbonyl (C=O) groups is 1. The average molecular weight is 398 g/mol. The molecule has 2 aromatic rings. The maximum absolute atomic E-state index is 12.9. The number of halogens is 3.